The van der Waals surface area contributed by atoms with Gasteiger partial charge in [0.05, 0.1) is 22.1 Å². The van der Waals surface area contributed by atoms with E-state index in [1.54, 1.807) is 0 Å². The summed E-state index contributed by atoms with van der Waals surface area (Å²) in [6, 6.07) is 50.8. The first-order valence-electron chi connectivity index (χ1n) is 19.3. The molecule has 0 atom stereocenters. The van der Waals surface area contributed by atoms with Crippen LogP contribution in [0.25, 0.3) is 76.9 Å². The fourth-order valence-corrected chi connectivity index (χ4v) is 10.4. The van der Waals surface area contributed by atoms with E-state index in [4.69, 9.17) is 0 Å². The van der Waals surface area contributed by atoms with Gasteiger partial charge in [-0.3, -0.25) is 0 Å². The number of aromatic nitrogens is 2. The van der Waals surface area contributed by atoms with Crippen molar-refractivity contribution in [2.45, 2.75) is 70.6 Å². The molecule has 2 aliphatic carbocycles. The van der Waals surface area contributed by atoms with E-state index < -0.39 is 0 Å². The first-order valence-corrected chi connectivity index (χ1v) is 19.3. The predicted molar refractivity (Wildman–Crippen MR) is 225 cm³/mol. The monoisotopic (exact) mass is 684 g/mol. The van der Waals surface area contributed by atoms with Crippen molar-refractivity contribution >= 4 is 54.4 Å². The minimum Gasteiger partial charge on any atom is -0.309 e. The lowest BCUT2D eigenvalue weighted by Gasteiger charge is -2.42. The molecular formula is C51H44N2. The highest BCUT2D eigenvalue weighted by atomic mass is 15.0. The predicted octanol–water partition coefficient (Wildman–Crippen LogP) is 13.7. The Morgan fingerprint density at radius 2 is 1.08 bits per heavy atom. The van der Waals surface area contributed by atoms with Gasteiger partial charge in [-0.15, -0.1) is 0 Å². The molecule has 0 spiro atoms. The van der Waals surface area contributed by atoms with E-state index in [2.05, 4.69) is 184 Å². The molecule has 9 aromatic rings. The molecule has 53 heavy (non-hydrogen) atoms. The molecule has 0 aliphatic heterocycles. The van der Waals surface area contributed by atoms with Gasteiger partial charge in [0.15, 0.2) is 0 Å². The summed E-state index contributed by atoms with van der Waals surface area (Å²) in [4.78, 5) is 0. The molecular weight excluding hydrogens is 641 g/mol. The Morgan fingerprint density at radius 1 is 0.415 bits per heavy atom. The van der Waals surface area contributed by atoms with Gasteiger partial charge in [0.25, 0.3) is 0 Å². The third-order valence-electron chi connectivity index (χ3n) is 13.4. The van der Waals surface area contributed by atoms with E-state index in [1.807, 2.05) is 0 Å². The molecule has 0 unspecified atom stereocenters. The van der Waals surface area contributed by atoms with Crippen molar-refractivity contribution in [2.24, 2.45) is 0 Å². The smallest absolute Gasteiger partial charge is 0.0641 e. The Labute approximate surface area is 311 Å². The van der Waals surface area contributed by atoms with Crippen LogP contribution in [-0.2, 0) is 16.2 Å². The van der Waals surface area contributed by atoms with E-state index in [0.29, 0.717) is 0 Å². The lowest BCUT2D eigenvalue weighted by molar-refractivity contribution is 0.332. The third kappa shape index (κ3) is 4.04. The summed E-state index contributed by atoms with van der Waals surface area (Å²) in [5.74, 6) is 0. The number of hydrogen-bond donors (Lipinski definition) is 0. The largest absolute Gasteiger partial charge is 0.309 e. The molecule has 0 N–H and O–H groups in total. The van der Waals surface area contributed by atoms with Gasteiger partial charge in [0.2, 0.25) is 0 Å². The molecule has 0 radical (unpaired) electrons. The molecule has 2 nitrogen and oxygen atoms in total. The van der Waals surface area contributed by atoms with Gasteiger partial charge in [-0.1, -0.05) is 126 Å². The Hall–Kier alpha value is -5.60. The molecule has 0 amide bonds. The van der Waals surface area contributed by atoms with Crippen LogP contribution in [-0.4, -0.2) is 9.13 Å². The fourth-order valence-electron chi connectivity index (χ4n) is 10.4. The topological polar surface area (TPSA) is 9.86 Å². The van der Waals surface area contributed by atoms with Gasteiger partial charge in [-0.05, 0) is 116 Å². The van der Waals surface area contributed by atoms with Crippen molar-refractivity contribution in [3.8, 4) is 22.5 Å². The molecule has 0 saturated carbocycles. The first-order chi connectivity index (χ1) is 25.5. The number of para-hydroxylation sites is 1. The summed E-state index contributed by atoms with van der Waals surface area (Å²) in [5.41, 5.74) is 16.1. The van der Waals surface area contributed by atoms with Crippen molar-refractivity contribution in [2.75, 3.05) is 0 Å². The number of hydrogen-bond acceptors (Lipinski definition) is 0. The Bertz CT molecular complexity index is 3020. The number of fused-ring (bicyclic) bond motifs is 13. The van der Waals surface area contributed by atoms with Crippen LogP contribution in [0.1, 0.15) is 76.6 Å². The van der Waals surface area contributed by atoms with Crippen LogP contribution in [0.15, 0.2) is 133 Å². The molecule has 0 fully saturated rings. The lowest BCUT2D eigenvalue weighted by Crippen LogP contribution is -2.33. The molecule has 0 bridgehead atoms. The van der Waals surface area contributed by atoms with Crippen LogP contribution < -0.4 is 0 Å². The molecule has 11 rings (SSSR count). The Balaban J connectivity index is 1.33. The van der Waals surface area contributed by atoms with Crippen LogP contribution in [0.5, 0.6) is 0 Å². The van der Waals surface area contributed by atoms with Crippen molar-refractivity contribution < 1.29 is 0 Å². The normalized spacial score (nSPS) is 16.8. The van der Waals surface area contributed by atoms with Gasteiger partial charge >= 0.3 is 0 Å². The van der Waals surface area contributed by atoms with Crippen LogP contribution >= 0.6 is 0 Å². The van der Waals surface area contributed by atoms with E-state index in [-0.39, 0.29) is 16.2 Å². The Morgan fingerprint density at radius 3 is 1.89 bits per heavy atom. The number of benzene rings is 7. The Kier molecular flexibility index (Phi) is 6.01. The van der Waals surface area contributed by atoms with E-state index in [9.17, 15) is 0 Å². The van der Waals surface area contributed by atoms with Gasteiger partial charge in [0.1, 0.15) is 0 Å². The van der Waals surface area contributed by atoms with Crippen LogP contribution in [0.3, 0.4) is 0 Å². The van der Waals surface area contributed by atoms with Crippen molar-refractivity contribution in [3.63, 3.8) is 0 Å². The van der Waals surface area contributed by atoms with Gasteiger partial charge < -0.3 is 9.13 Å². The third-order valence-corrected chi connectivity index (χ3v) is 13.4. The maximum Gasteiger partial charge on any atom is 0.0641 e. The summed E-state index contributed by atoms with van der Waals surface area (Å²) < 4.78 is 5.12. The van der Waals surface area contributed by atoms with E-state index in [0.717, 1.165) is 0 Å². The summed E-state index contributed by atoms with van der Waals surface area (Å²) in [5, 5.41) is 7.84. The molecule has 0 saturated heterocycles. The fraction of sp³-hybridized carbons (Fsp3) is 0.216. The van der Waals surface area contributed by atoms with Crippen molar-refractivity contribution in [1.82, 2.24) is 9.13 Å². The average Bonchev–Trinajstić information content (AvgIpc) is 3.76. The second-order valence-corrected chi connectivity index (χ2v) is 17.6. The van der Waals surface area contributed by atoms with Crippen LogP contribution in [0.4, 0.5) is 0 Å². The zero-order valence-corrected chi connectivity index (χ0v) is 31.5. The second-order valence-electron chi connectivity index (χ2n) is 17.6. The molecule has 258 valence electrons. The standard InChI is InChI=1S/C51H44N2/c1-49(2)26-27-50(3,4)42-30-45-38(29-41(42)49)36-22-25-44-47(48(36)53(45)32-15-8-7-9-16-32)46-34-17-11-10-14-31(34)20-24-43(46)52(44)33-21-23-40-37(28-33)35-18-12-13-19-39(35)51(40,5)6/h7-25,28-30H,26-27H2,1-6H3. The zero-order chi connectivity index (χ0) is 36.0. The molecule has 2 heteroatoms. The van der Waals surface area contributed by atoms with Crippen molar-refractivity contribution in [3.05, 3.63) is 156 Å². The maximum atomic E-state index is 2.58. The van der Waals surface area contributed by atoms with E-state index >= 15 is 0 Å². The van der Waals surface area contributed by atoms with E-state index in [1.165, 1.54) is 112 Å². The molecule has 2 aliphatic rings. The molecule has 2 aromatic heterocycles. The number of nitrogens with zero attached hydrogens (tertiary/aromatic N) is 2. The molecule has 2 heterocycles. The lowest BCUT2D eigenvalue weighted by atomic mass is 9.63. The minimum atomic E-state index is -0.0352. The first kappa shape index (κ1) is 31.0. The maximum absolute atomic E-state index is 2.58. The number of rotatable bonds is 2. The second kappa shape index (κ2) is 10.3. The van der Waals surface area contributed by atoms with Crippen LogP contribution in [0.2, 0.25) is 0 Å². The average molecular weight is 685 g/mol. The van der Waals surface area contributed by atoms with Crippen molar-refractivity contribution in [1.29, 1.82) is 0 Å². The summed E-state index contributed by atoms with van der Waals surface area (Å²) in [6.07, 6.45) is 2.39. The SMILES string of the molecule is CC1(C)CCC(C)(C)c2cc3c(cc21)c1ccc2c(c4c5ccccc5ccc4n2-c2ccc4c(c2)-c2ccccc2C4(C)C)c1n3-c1ccccc1. The highest BCUT2D eigenvalue weighted by molar-refractivity contribution is 6.31. The highest BCUT2D eigenvalue weighted by Gasteiger charge is 2.39. The minimum absolute atomic E-state index is 0.0352. The van der Waals surface area contributed by atoms with Gasteiger partial charge in [-0.25, -0.2) is 0 Å². The van der Waals surface area contributed by atoms with Crippen LogP contribution in [0, 0.1) is 0 Å². The zero-order valence-electron chi connectivity index (χ0n) is 31.5. The van der Waals surface area contributed by atoms with Gasteiger partial charge in [0, 0.05) is 38.3 Å². The summed E-state index contributed by atoms with van der Waals surface area (Å²) in [7, 11) is 0. The quantitative estimate of drug-likeness (QED) is 0.172. The summed E-state index contributed by atoms with van der Waals surface area (Å²) >= 11 is 0. The van der Waals surface area contributed by atoms with Gasteiger partial charge in [-0.2, -0.15) is 0 Å². The highest BCUT2D eigenvalue weighted by Crippen LogP contribution is 2.52. The molecule has 7 aromatic carbocycles. The summed E-state index contributed by atoms with van der Waals surface area (Å²) in [6.45, 7) is 14.5.